The Bertz CT molecular complexity index is 2590. The molecule has 0 N–H and O–H groups in total. The van der Waals surface area contributed by atoms with Gasteiger partial charge in [-0.1, -0.05) is 36.4 Å². The Morgan fingerprint density at radius 3 is 1.40 bits per heavy atom. The zero-order valence-corrected chi connectivity index (χ0v) is 23.3. The molecule has 0 aromatic heterocycles. The molecule has 0 amide bonds. The van der Waals surface area contributed by atoms with Crippen molar-refractivity contribution in [2.45, 2.75) is 13.1 Å². The van der Waals surface area contributed by atoms with Crippen molar-refractivity contribution in [1.29, 1.82) is 10.5 Å². The average Bonchev–Trinajstić information content (AvgIpc) is 3.48. The summed E-state index contributed by atoms with van der Waals surface area (Å²) in [6.45, 7) is 1.69. The molecule has 7 aromatic carbocycles. The highest BCUT2D eigenvalue weighted by molar-refractivity contribution is 6.21. The summed E-state index contributed by atoms with van der Waals surface area (Å²) in [6, 6.07) is 22.1. The van der Waals surface area contributed by atoms with Gasteiger partial charge in [-0.05, 0) is 105 Å². The SMILES string of the molecule is Cc1cc(-c2ccc3c(c2)/c(=N\C#N)c2cc4c(cc23)/c(=N/C#N)c2cc(-c3ccc(F)c(C(F)(F)F)c3)ccc24)ccc1F. The highest BCUT2D eigenvalue weighted by Crippen LogP contribution is 2.37. The molecule has 7 rings (SSSR count). The zero-order chi connectivity index (χ0) is 31.6. The van der Waals surface area contributed by atoms with E-state index in [9.17, 15) is 32.5 Å². The van der Waals surface area contributed by atoms with Crippen molar-refractivity contribution in [3.05, 3.63) is 118 Å². The van der Waals surface area contributed by atoms with Gasteiger partial charge in [0.2, 0.25) is 12.4 Å². The molecule has 0 saturated heterocycles. The van der Waals surface area contributed by atoms with Gasteiger partial charge in [-0.2, -0.15) is 33.7 Å². The van der Waals surface area contributed by atoms with Gasteiger partial charge in [0.25, 0.3) is 0 Å². The summed E-state index contributed by atoms with van der Waals surface area (Å²) in [5.74, 6) is -1.67. The summed E-state index contributed by atoms with van der Waals surface area (Å²) in [4.78, 5) is 8.24. The van der Waals surface area contributed by atoms with Crippen LogP contribution in [0.1, 0.15) is 11.1 Å². The van der Waals surface area contributed by atoms with E-state index in [1.54, 1.807) is 37.3 Å². The van der Waals surface area contributed by atoms with Crippen LogP contribution in [0.25, 0.3) is 65.3 Å². The van der Waals surface area contributed by atoms with Gasteiger partial charge >= 0.3 is 6.18 Å². The minimum Gasteiger partial charge on any atom is -0.207 e. The van der Waals surface area contributed by atoms with Crippen LogP contribution in [0, 0.1) is 41.5 Å². The van der Waals surface area contributed by atoms with Gasteiger partial charge in [-0.25, -0.2) is 8.78 Å². The minimum atomic E-state index is -4.86. The van der Waals surface area contributed by atoms with Crippen LogP contribution in [0.3, 0.4) is 0 Å². The first-order chi connectivity index (χ1) is 21.6. The van der Waals surface area contributed by atoms with Crippen LogP contribution >= 0.6 is 0 Å². The third kappa shape index (κ3) is 4.40. The molecule has 45 heavy (non-hydrogen) atoms. The Labute approximate surface area is 251 Å². The Morgan fingerprint density at radius 2 is 0.933 bits per heavy atom. The van der Waals surface area contributed by atoms with Crippen molar-refractivity contribution in [3.8, 4) is 34.6 Å². The van der Waals surface area contributed by atoms with Crippen molar-refractivity contribution in [3.63, 3.8) is 0 Å². The molecule has 0 bridgehead atoms. The fourth-order valence-corrected chi connectivity index (χ4v) is 6.12. The Morgan fingerprint density at radius 1 is 0.511 bits per heavy atom. The molecule has 0 aliphatic heterocycles. The standard InChI is InChI=1S/C36H17F5N4/c1-18-10-19(4-8-32(18)37)20-2-6-23-25-14-30-26(15-29(25)34(44-16-42)27(23)11-20)24-7-3-21(12-28(24)35(30)45-17-43)22-5-9-33(38)31(13-22)36(39,40)41/h2-15H,1H3/b44-34+,45-35+. The summed E-state index contributed by atoms with van der Waals surface area (Å²) < 4.78 is 68.1. The summed E-state index contributed by atoms with van der Waals surface area (Å²) in [5, 5.41) is 25.5. The van der Waals surface area contributed by atoms with Crippen LogP contribution < -0.4 is 10.7 Å². The van der Waals surface area contributed by atoms with Crippen molar-refractivity contribution < 1.29 is 22.0 Å². The third-order valence-corrected chi connectivity index (χ3v) is 8.22. The van der Waals surface area contributed by atoms with E-state index in [0.29, 0.717) is 48.8 Å². The summed E-state index contributed by atoms with van der Waals surface area (Å²) >= 11 is 0. The lowest BCUT2D eigenvalue weighted by atomic mass is 10.00. The molecule has 0 unspecified atom stereocenters. The molecule has 0 aliphatic rings. The van der Waals surface area contributed by atoms with E-state index in [0.717, 1.165) is 39.4 Å². The number of rotatable bonds is 2. The fourth-order valence-electron chi connectivity index (χ4n) is 6.12. The van der Waals surface area contributed by atoms with Gasteiger partial charge in [0.05, 0.1) is 16.3 Å². The van der Waals surface area contributed by atoms with E-state index >= 15 is 0 Å². The van der Waals surface area contributed by atoms with E-state index < -0.39 is 17.6 Å². The molecule has 9 heteroatoms. The maximum absolute atomic E-state index is 14.0. The van der Waals surface area contributed by atoms with Crippen LogP contribution in [-0.4, -0.2) is 0 Å². The summed E-state index contributed by atoms with van der Waals surface area (Å²) in [7, 11) is 0. The topological polar surface area (TPSA) is 72.3 Å². The van der Waals surface area contributed by atoms with Crippen LogP contribution in [0.5, 0.6) is 0 Å². The quantitative estimate of drug-likeness (QED) is 0.147. The smallest absolute Gasteiger partial charge is 0.207 e. The van der Waals surface area contributed by atoms with E-state index in [-0.39, 0.29) is 11.4 Å². The van der Waals surface area contributed by atoms with E-state index in [1.165, 1.54) is 12.1 Å². The fraction of sp³-hybridized carbons (Fsp3) is 0.0556. The number of nitrogens with zero attached hydrogens (tertiary/aromatic N) is 4. The van der Waals surface area contributed by atoms with Gasteiger partial charge in [-0.3, -0.25) is 0 Å². The lowest BCUT2D eigenvalue weighted by molar-refractivity contribution is -0.139. The second-order valence-corrected chi connectivity index (χ2v) is 10.7. The Kier molecular flexibility index (Phi) is 6.24. The van der Waals surface area contributed by atoms with Gasteiger partial charge in [-0.15, -0.1) is 0 Å². The molecule has 0 radical (unpaired) electrons. The third-order valence-electron chi connectivity index (χ3n) is 8.22. The maximum Gasteiger partial charge on any atom is 0.419 e. The van der Waals surface area contributed by atoms with Crippen molar-refractivity contribution >= 4 is 43.1 Å². The Balaban J connectivity index is 1.50. The van der Waals surface area contributed by atoms with Crippen molar-refractivity contribution in [2.24, 2.45) is 9.98 Å². The normalized spacial score (nSPS) is 12.9. The number of hydrogen-bond acceptors (Lipinski definition) is 4. The summed E-state index contributed by atoms with van der Waals surface area (Å²) in [6.07, 6.45) is -1.14. The molecule has 0 fully saturated rings. The summed E-state index contributed by atoms with van der Waals surface area (Å²) in [5.41, 5.74) is 1.32. The average molecular weight is 601 g/mol. The number of nitriles is 2. The lowest BCUT2D eigenvalue weighted by Crippen LogP contribution is -2.08. The van der Waals surface area contributed by atoms with Gasteiger partial charge < -0.3 is 0 Å². The lowest BCUT2D eigenvalue weighted by Gasteiger charge is -2.10. The molecule has 216 valence electrons. The number of halogens is 5. The Hall–Kier alpha value is -5.93. The van der Waals surface area contributed by atoms with Crippen molar-refractivity contribution in [2.75, 3.05) is 0 Å². The predicted octanol–water partition coefficient (Wildman–Crippen LogP) is 8.88. The number of aryl methyl sites for hydroxylation is 1. The first kappa shape index (κ1) is 27.9. The van der Waals surface area contributed by atoms with E-state index in [2.05, 4.69) is 9.98 Å². The number of benzene rings is 5. The molecular formula is C36H17F5N4. The minimum absolute atomic E-state index is 0.158. The number of alkyl halides is 3. The van der Waals surface area contributed by atoms with E-state index in [4.69, 9.17) is 0 Å². The van der Waals surface area contributed by atoms with Crippen LogP contribution in [0.4, 0.5) is 22.0 Å². The first-order valence-corrected chi connectivity index (χ1v) is 13.6. The van der Waals surface area contributed by atoms with Crippen LogP contribution in [0.2, 0.25) is 0 Å². The molecule has 0 spiro atoms. The van der Waals surface area contributed by atoms with Gasteiger partial charge in [0.1, 0.15) is 11.6 Å². The first-order valence-electron chi connectivity index (χ1n) is 13.6. The van der Waals surface area contributed by atoms with Crippen molar-refractivity contribution in [1.82, 2.24) is 0 Å². The van der Waals surface area contributed by atoms with Gasteiger partial charge in [0.15, 0.2) is 0 Å². The maximum atomic E-state index is 14.0. The molecule has 0 aliphatic carbocycles. The zero-order valence-electron chi connectivity index (χ0n) is 23.3. The molecule has 0 saturated carbocycles. The largest absolute Gasteiger partial charge is 0.419 e. The molecular weight excluding hydrogens is 583 g/mol. The number of hydrogen-bond donors (Lipinski definition) is 0. The monoisotopic (exact) mass is 600 g/mol. The molecule has 4 nitrogen and oxygen atoms in total. The molecule has 0 heterocycles. The number of fused-ring (bicyclic) bond motifs is 6. The van der Waals surface area contributed by atoms with Crippen LogP contribution in [-0.2, 0) is 6.18 Å². The van der Waals surface area contributed by atoms with E-state index in [1.807, 2.05) is 42.7 Å². The molecule has 7 aromatic rings. The van der Waals surface area contributed by atoms with Crippen LogP contribution in [0.15, 0.2) is 94.9 Å². The highest BCUT2D eigenvalue weighted by Gasteiger charge is 2.34. The predicted molar refractivity (Wildman–Crippen MR) is 162 cm³/mol. The second-order valence-electron chi connectivity index (χ2n) is 10.7. The molecule has 0 atom stereocenters. The van der Waals surface area contributed by atoms with Gasteiger partial charge in [0, 0.05) is 21.5 Å². The highest BCUT2D eigenvalue weighted by atomic mass is 19.4. The second kappa shape index (κ2) is 10.1.